The zero-order chi connectivity index (χ0) is 31.4. The molecule has 1 fully saturated rings. The highest BCUT2D eigenvalue weighted by Crippen LogP contribution is 2.49. The van der Waals surface area contributed by atoms with Gasteiger partial charge in [-0.1, -0.05) is 55.5 Å². The molecule has 0 spiro atoms. The van der Waals surface area contributed by atoms with Gasteiger partial charge in [-0.25, -0.2) is 9.37 Å². The van der Waals surface area contributed by atoms with Crippen molar-refractivity contribution in [1.29, 1.82) is 0 Å². The minimum absolute atomic E-state index is 0.108. The Morgan fingerprint density at radius 3 is 2.39 bits per heavy atom. The molecule has 2 aliphatic rings. The van der Waals surface area contributed by atoms with E-state index >= 15 is 4.39 Å². The Hall–Kier alpha value is -3.91. The van der Waals surface area contributed by atoms with Crippen LogP contribution in [0.5, 0.6) is 5.75 Å². The van der Waals surface area contributed by atoms with Gasteiger partial charge >= 0.3 is 6.36 Å². The monoisotopic (exact) mass is 625 g/mol. The molecule has 2 atom stereocenters. The molecule has 230 valence electrons. The predicted octanol–water partition coefficient (Wildman–Crippen LogP) is 7.83. The van der Waals surface area contributed by atoms with Gasteiger partial charge in [0.15, 0.2) is 0 Å². The Balaban J connectivity index is 1.42. The van der Waals surface area contributed by atoms with E-state index < -0.39 is 25.4 Å². The molecule has 0 bridgehead atoms. The van der Waals surface area contributed by atoms with Crippen molar-refractivity contribution in [1.82, 2.24) is 14.5 Å². The molecule has 1 aliphatic heterocycles. The first-order chi connectivity index (χ1) is 20.9. The summed E-state index contributed by atoms with van der Waals surface area (Å²) < 4.78 is 75.2. The molecule has 1 aliphatic carbocycles. The summed E-state index contributed by atoms with van der Waals surface area (Å²) >= 11 is 0. The van der Waals surface area contributed by atoms with Crippen molar-refractivity contribution in [3.05, 3.63) is 89.1 Å². The minimum Gasteiger partial charge on any atom is -0.405 e. The SMILES string of the molecule is CCP(C)(=O)c1ccc(-c2nc(-c3cccc4c3CN(CC(F)c3ccccc3)C4=O)c(C3CC3)n2C)c(OC(F)(F)F)c1. The van der Waals surface area contributed by atoms with Gasteiger partial charge in [0.1, 0.15) is 24.9 Å². The van der Waals surface area contributed by atoms with Crippen LogP contribution >= 0.6 is 7.14 Å². The lowest BCUT2D eigenvalue weighted by atomic mass is 9.98. The lowest BCUT2D eigenvalue weighted by molar-refractivity contribution is -0.274. The van der Waals surface area contributed by atoms with Gasteiger partial charge in [-0.3, -0.25) is 4.79 Å². The summed E-state index contributed by atoms with van der Waals surface area (Å²) in [6.45, 7) is 3.34. The lowest BCUT2D eigenvalue weighted by Crippen LogP contribution is -2.27. The number of fused-ring (bicyclic) bond motifs is 1. The number of amides is 1. The number of hydrogen-bond acceptors (Lipinski definition) is 4. The summed E-state index contributed by atoms with van der Waals surface area (Å²) in [4.78, 5) is 19.8. The molecule has 1 amide bonds. The highest BCUT2D eigenvalue weighted by atomic mass is 31.2. The third kappa shape index (κ3) is 5.68. The Kier molecular flexibility index (Phi) is 7.68. The molecular formula is C33H32F4N3O3P. The summed E-state index contributed by atoms with van der Waals surface area (Å²) in [5.74, 6) is -0.333. The van der Waals surface area contributed by atoms with Crippen molar-refractivity contribution in [2.24, 2.45) is 7.05 Å². The second-order valence-corrected chi connectivity index (χ2v) is 14.9. The summed E-state index contributed by atoms with van der Waals surface area (Å²) in [6, 6.07) is 18.3. The molecule has 0 saturated heterocycles. The molecule has 2 heterocycles. The van der Waals surface area contributed by atoms with E-state index in [9.17, 15) is 22.5 Å². The van der Waals surface area contributed by atoms with Crippen molar-refractivity contribution < 1.29 is 31.7 Å². The number of carbonyl (C=O) groups excluding carboxylic acids is 1. The van der Waals surface area contributed by atoms with Crippen LogP contribution in [0.1, 0.15) is 59.0 Å². The van der Waals surface area contributed by atoms with Crippen molar-refractivity contribution in [3.8, 4) is 28.4 Å². The molecule has 3 aromatic carbocycles. The number of hydrogen-bond donors (Lipinski definition) is 0. The molecule has 2 unspecified atom stereocenters. The highest BCUT2D eigenvalue weighted by Gasteiger charge is 2.38. The zero-order valence-corrected chi connectivity index (χ0v) is 25.5. The molecule has 11 heteroatoms. The number of imidazole rings is 1. The van der Waals surface area contributed by atoms with E-state index in [1.54, 1.807) is 67.1 Å². The number of halogens is 4. The minimum atomic E-state index is -4.97. The van der Waals surface area contributed by atoms with E-state index in [-0.39, 0.29) is 36.3 Å². The zero-order valence-electron chi connectivity index (χ0n) is 24.6. The molecule has 6 nitrogen and oxygen atoms in total. The summed E-state index contributed by atoms with van der Waals surface area (Å²) in [6.07, 6.45) is -4.25. The molecule has 4 aromatic rings. The first kappa shape index (κ1) is 30.1. The Morgan fingerprint density at radius 1 is 1.02 bits per heavy atom. The van der Waals surface area contributed by atoms with Gasteiger partial charge in [0, 0.05) is 47.8 Å². The molecule has 1 aromatic heterocycles. The Labute approximate surface area is 253 Å². The molecule has 6 rings (SSSR count). The number of rotatable bonds is 9. The Bertz CT molecular complexity index is 1780. The number of ether oxygens (including phenoxy) is 1. The van der Waals surface area contributed by atoms with E-state index in [0.29, 0.717) is 39.4 Å². The van der Waals surface area contributed by atoms with Gasteiger partial charge in [-0.2, -0.15) is 0 Å². The van der Waals surface area contributed by atoms with Gasteiger partial charge < -0.3 is 18.8 Å². The average Bonchev–Trinajstić information content (AvgIpc) is 3.70. The van der Waals surface area contributed by atoms with Crippen molar-refractivity contribution in [2.45, 2.75) is 44.8 Å². The van der Waals surface area contributed by atoms with Crippen LogP contribution in [0.4, 0.5) is 17.6 Å². The summed E-state index contributed by atoms with van der Waals surface area (Å²) in [7, 11) is -1.13. The molecule has 44 heavy (non-hydrogen) atoms. The predicted molar refractivity (Wildman–Crippen MR) is 161 cm³/mol. The Morgan fingerprint density at radius 2 is 1.73 bits per heavy atom. The standard InChI is InChI=1S/C33H32F4N3O3P/c1-4-44(3,42)22-15-16-25(28(17-22)43-33(35,36)37)31-38-29(30(39(31)2)21-13-14-21)23-11-8-12-24-26(23)18-40(32(24)41)19-27(34)20-9-6-5-7-10-20/h5-12,15-17,21,27H,4,13-14,18-19H2,1-3H3. The van der Waals surface area contributed by atoms with Gasteiger partial charge in [-0.05, 0) is 48.8 Å². The third-order valence-electron chi connectivity index (χ3n) is 8.52. The number of nitrogens with zero attached hydrogens (tertiary/aromatic N) is 3. The number of alkyl halides is 4. The van der Waals surface area contributed by atoms with Crippen LogP contribution < -0.4 is 10.0 Å². The van der Waals surface area contributed by atoms with Crippen LogP contribution in [-0.4, -0.2) is 46.1 Å². The number of benzene rings is 3. The fraction of sp³-hybridized carbons (Fsp3) is 0.333. The van der Waals surface area contributed by atoms with Crippen LogP contribution in [0.2, 0.25) is 0 Å². The summed E-state index contributed by atoms with van der Waals surface area (Å²) in [5, 5.41) is 0.293. The number of aromatic nitrogens is 2. The maximum absolute atomic E-state index is 15.2. The lowest BCUT2D eigenvalue weighted by Gasteiger charge is -2.19. The summed E-state index contributed by atoms with van der Waals surface area (Å²) in [5.41, 5.74) is 3.89. The topological polar surface area (TPSA) is 64.4 Å². The van der Waals surface area contributed by atoms with Crippen LogP contribution in [-0.2, 0) is 18.2 Å². The van der Waals surface area contributed by atoms with Crippen LogP contribution in [0.15, 0.2) is 66.7 Å². The first-order valence-electron chi connectivity index (χ1n) is 14.5. The van der Waals surface area contributed by atoms with Crippen LogP contribution in [0, 0.1) is 0 Å². The maximum atomic E-state index is 15.2. The molecular weight excluding hydrogens is 593 g/mol. The fourth-order valence-electron chi connectivity index (χ4n) is 5.88. The van der Waals surface area contributed by atoms with E-state index in [1.165, 1.54) is 23.7 Å². The second-order valence-electron chi connectivity index (χ2n) is 11.5. The van der Waals surface area contributed by atoms with Crippen LogP contribution in [0.25, 0.3) is 22.6 Å². The van der Waals surface area contributed by atoms with Crippen molar-refractivity contribution in [3.63, 3.8) is 0 Å². The van der Waals surface area contributed by atoms with E-state index in [0.717, 1.165) is 18.5 Å². The van der Waals surface area contributed by atoms with Gasteiger partial charge in [0.25, 0.3) is 5.91 Å². The van der Waals surface area contributed by atoms with Crippen LogP contribution in [0.3, 0.4) is 0 Å². The van der Waals surface area contributed by atoms with Crippen molar-refractivity contribution in [2.75, 3.05) is 19.4 Å². The first-order valence-corrected chi connectivity index (χ1v) is 16.9. The van der Waals surface area contributed by atoms with Crippen molar-refractivity contribution >= 4 is 18.4 Å². The third-order valence-corrected chi connectivity index (χ3v) is 11.1. The van der Waals surface area contributed by atoms with E-state index in [1.807, 2.05) is 6.07 Å². The van der Waals surface area contributed by atoms with E-state index in [4.69, 9.17) is 4.98 Å². The second kappa shape index (κ2) is 11.2. The van der Waals surface area contributed by atoms with E-state index in [2.05, 4.69) is 4.74 Å². The maximum Gasteiger partial charge on any atom is 0.573 e. The van der Waals surface area contributed by atoms with Gasteiger partial charge in [-0.15, -0.1) is 13.2 Å². The number of carbonyl (C=O) groups is 1. The largest absolute Gasteiger partial charge is 0.573 e. The highest BCUT2D eigenvalue weighted by molar-refractivity contribution is 7.70. The normalized spacial score (nSPS) is 17.0. The molecule has 1 saturated carbocycles. The average molecular weight is 626 g/mol. The molecule has 0 N–H and O–H groups in total. The fourth-order valence-corrected chi connectivity index (χ4v) is 7.02. The van der Waals surface area contributed by atoms with Gasteiger partial charge in [0.2, 0.25) is 0 Å². The molecule has 0 radical (unpaired) electrons. The van der Waals surface area contributed by atoms with Gasteiger partial charge in [0.05, 0.1) is 17.8 Å². The quantitative estimate of drug-likeness (QED) is 0.141. The smallest absolute Gasteiger partial charge is 0.405 e.